The minimum atomic E-state index is -0.874. The van der Waals surface area contributed by atoms with Crippen molar-refractivity contribution in [3.63, 3.8) is 0 Å². The lowest BCUT2D eigenvalue weighted by Crippen LogP contribution is -2.23. The van der Waals surface area contributed by atoms with Gasteiger partial charge in [0.1, 0.15) is 5.82 Å². The predicted molar refractivity (Wildman–Crippen MR) is 80.1 cm³/mol. The molecule has 6 heteroatoms. The molecule has 1 heterocycles. The number of nitrogens with zero attached hydrogens (tertiary/aromatic N) is 2. The third-order valence-electron chi connectivity index (χ3n) is 4.18. The smallest absolute Gasteiger partial charge is 0.313 e. The summed E-state index contributed by atoms with van der Waals surface area (Å²) in [7, 11) is 0. The molecule has 1 atom stereocenters. The minimum absolute atomic E-state index is 0.0385. The first-order valence-corrected chi connectivity index (χ1v) is 8.07. The van der Waals surface area contributed by atoms with Crippen LogP contribution < -0.4 is 0 Å². The molecule has 3 rings (SSSR count). The number of carboxylic acids is 1. The quantitative estimate of drug-likeness (QED) is 0.855. The molecule has 0 bridgehead atoms. The van der Waals surface area contributed by atoms with Crippen LogP contribution >= 0.6 is 11.8 Å². The Morgan fingerprint density at radius 3 is 2.95 bits per heavy atom. The molecular formula is C15H17FN2O2S. The molecule has 1 aliphatic carbocycles. The van der Waals surface area contributed by atoms with E-state index in [0.29, 0.717) is 11.1 Å². The van der Waals surface area contributed by atoms with E-state index in [1.807, 2.05) is 4.57 Å². The highest BCUT2D eigenvalue weighted by molar-refractivity contribution is 7.99. The lowest BCUT2D eigenvalue weighted by Gasteiger charge is -2.33. The van der Waals surface area contributed by atoms with E-state index in [-0.39, 0.29) is 17.6 Å². The lowest BCUT2D eigenvalue weighted by atomic mass is 9.80. The van der Waals surface area contributed by atoms with Gasteiger partial charge in [-0.05, 0) is 43.9 Å². The number of thioether (sulfide) groups is 1. The summed E-state index contributed by atoms with van der Waals surface area (Å²) in [4.78, 5) is 15.3. The summed E-state index contributed by atoms with van der Waals surface area (Å²) in [6.45, 7) is 2.11. The topological polar surface area (TPSA) is 55.1 Å². The Morgan fingerprint density at radius 2 is 2.33 bits per heavy atom. The second-order valence-electron chi connectivity index (χ2n) is 5.51. The summed E-state index contributed by atoms with van der Waals surface area (Å²) in [6.07, 6.45) is 3.56. The van der Waals surface area contributed by atoms with E-state index in [0.717, 1.165) is 11.0 Å². The molecule has 0 saturated heterocycles. The third-order valence-corrected chi connectivity index (χ3v) is 5.12. The molecule has 1 fully saturated rings. The molecule has 0 aliphatic heterocycles. The summed E-state index contributed by atoms with van der Waals surface area (Å²) in [5.41, 5.74) is 1.47. The van der Waals surface area contributed by atoms with Crippen molar-refractivity contribution >= 4 is 28.8 Å². The molecule has 0 spiro atoms. The monoisotopic (exact) mass is 308 g/mol. The first-order valence-electron chi connectivity index (χ1n) is 7.08. The highest BCUT2D eigenvalue weighted by Gasteiger charge is 2.28. The van der Waals surface area contributed by atoms with Crippen LogP contribution in [0.3, 0.4) is 0 Å². The van der Waals surface area contributed by atoms with Crippen LogP contribution in [0.4, 0.5) is 4.39 Å². The number of aromatic nitrogens is 2. The van der Waals surface area contributed by atoms with E-state index in [1.54, 1.807) is 6.07 Å². The Kier molecular flexibility index (Phi) is 3.89. The van der Waals surface area contributed by atoms with Gasteiger partial charge in [0.25, 0.3) is 0 Å². The number of imidazole rings is 1. The van der Waals surface area contributed by atoms with Gasteiger partial charge >= 0.3 is 5.97 Å². The summed E-state index contributed by atoms with van der Waals surface area (Å²) in [5.74, 6) is -0.640. The van der Waals surface area contributed by atoms with Gasteiger partial charge < -0.3 is 9.67 Å². The van der Waals surface area contributed by atoms with Gasteiger partial charge in [-0.1, -0.05) is 18.2 Å². The number of carbonyl (C=O) groups is 1. The van der Waals surface area contributed by atoms with Gasteiger partial charge in [-0.3, -0.25) is 4.79 Å². The Labute approximate surface area is 126 Å². The first kappa shape index (κ1) is 14.4. The number of aliphatic carboxylic acids is 1. The Bertz CT molecular complexity index is 682. The van der Waals surface area contributed by atoms with Crippen LogP contribution in [0.1, 0.15) is 32.2 Å². The zero-order valence-electron chi connectivity index (χ0n) is 11.8. The molecule has 1 saturated carbocycles. The van der Waals surface area contributed by atoms with E-state index >= 15 is 0 Å². The molecule has 21 heavy (non-hydrogen) atoms. The van der Waals surface area contributed by atoms with Crippen LogP contribution in [-0.4, -0.2) is 26.4 Å². The van der Waals surface area contributed by atoms with Gasteiger partial charge in [0.15, 0.2) is 5.16 Å². The molecule has 1 aliphatic rings. The van der Waals surface area contributed by atoms with Gasteiger partial charge in [0.05, 0.1) is 16.8 Å². The van der Waals surface area contributed by atoms with Crippen LogP contribution in [0.5, 0.6) is 0 Å². The maximum absolute atomic E-state index is 13.6. The molecule has 1 aromatic heterocycles. The van der Waals surface area contributed by atoms with Crippen molar-refractivity contribution in [2.75, 3.05) is 5.75 Å². The largest absolute Gasteiger partial charge is 0.481 e. The van der Waals surface area contributed by atoms with Gasteiger partial charge in [0.2, 0.25) is 0 Å². The Hall–Kier alpha value is -1.56. The van der Waals surface area contributed by atoms with Gasteiger partial charge in [0, 0.05) is 6.04 Å². The number of hydrogen-bond donors (Lipinski definition) is 1. The summed E-state index contributed by atoms with van der Waals surface area (Å²) in [5, 5.41) is 9.54. The van der Waals surface area contributed by atoms with Crippen molar-refractivity contribution in [2.24, 2.45) is 5.92 Å². The standard InChI is InChI=1S/C15H17FN2O2S/c1-9(10-3-2-4-10)18-13-7-11(16)5-6-12(13)17-15(18)21-8-14(19)20/h5-7,9-10H,2-4,8H2,1H3,(H,19,20). The van der Waals surface area contributed by atoms with Gasteiger partial charge in [-0.2, -0.15) is 0 Å². The Balaban J connectivity index is 2.04. The molecule has 1 N–H and O–H groups in total. The molecule has 1 unspecified atom stereocenters. The molecule has 0 radical (unpaired) electrons. The van der Waals surface area contributed by atoms with E-state index in [2.05, 4.69) is 11.9 Å². The normalized spacial score (nSPS) is 16.9. The van der Waals surface area contributed by atoms with E-state index in [1.165, 1.54) is 43.2 Å². The maximum atomic E-state index is 13.6. The number of rotatable bonds is 5. The highest BCUT2D eigenvalue weighted by Crippen LogP contribution is 2.39. The summed E-state index contributed by atoms with van der Waals surface area (Å²) >= 11 is 1.20. The summed E-state index contributed by atoms with van der Waals surface area (Å²) < 4.78 is 15.6. The van der Waals surface area contributed by atoms with E-state index in [9.17, 15) is 9.18 Å². The number of halogens is 1. The number of hydrogen-bond acceptors (Lipinski definition) is 3. The van der Waals surface area contributed by atoms with Crippen LogP contribution in [0.25, 0.3) is 11.0 Å². The zero-order valence-corrected chi connectivity index (χ0v) is 12.6. The SMILES string of the molecule is CC(C1CCC1)n1c(SCC(=O)O)nc2ccc(F)cc21. The van der Waals surface area contributed by atoms with Crippen LogP contribution in [0.15, 0.2) is 23.4 Å². The number of carboxylic acid groups (broad SMARTS) is 1. The average Bonchev–Trinajstić information content (AvgIpc) is 2.71. The maximum Gasteiger partial charge on any atom is 0.313 e. The molecule has 1 aromatic carbocycles. The van der Waals surface area contributed by atoms with Gasteiger partial charge in [-0.15, -0.1) is 0 Å². The van der Waals surface area contributed by atoms with Crippen molar-refractivity contribution in [3.05, 3.63) is 24.0 Å². The summed E-state index contributed by atoms with van der Waals surface area (Å²) in [6, 6.07) is 4.74. The third kappa shape index (κ3) is 2.77. The van der Waals surface area contributed by atoms with Crippen molar-refractivity contribution in [1.82, 2.24) is 9.55 Å². The second-order valence-corrected chi connectivity index (χ2v) is 6.45. The van der Waals surface area contributed by atoms with E-state index in [4.69, 9.17) is 5.11 Å². The van der Waals surface area contributed by atoms with Crippen molar-refractivity contribution in [3.8, 4) is 0 Å². The van der Waals surface area contributed by atoms with Crippen LogP contribution in [-0.2, 0) is 4.79 Å². The molecule has 4 nitrogen and oxygen atoms in total. The molecule has 0 amide bonds. The van der Waals surface area contributed by atoms with Crippen LogP contribution in [0.2, 0.25) is 0 Å². The molecule has 112 valence electrons. The predicted octanol–water partition coefficient (Wildman–Crippen LogP) is 3.71. The number of fused-ring (bicyclic) bond motifs is 1. The van der Waals surface area contributed by atoms with Crippen molar-refractivity contribution < 1.29 is 14.3 Å². The van der Waals surface area contributed by atoms with Crippen LogP contribution in [0, 0.1) is 11.7 Å². The lowest BCUT2D eigenvalue weighted by molar-refractivity contribution is -0.133. The Morgan fingerprint density at radius 1 is 1.57 bits per heavy atom. The fourth-order valence-electron chi connectivity index (χ4n) is 2.80. The fraction of sp³-hybridized carbons (Fsp3) is 0.467. The second kappa shape index (κ2) is 5.67. The zero-order chi connectivity index (χ0) is 15.0. The fourth-order valence-corrected chi connectivity index (χ4v) is 3.62. The van der Waals surface area contributed by atoms with Crippen molar-refractivity contribution in [2.45, 2.75) is 37.4 Å². The average molecular weight is 308 g/mol. The highest BCUT2D eigenvalue weighted by atomic mass is 32.2. The van der Waals surface area contributed by atoms with E-state index < -0.39 is 5.97 Å². The molecular weight excluding hydrogens is 291 g/mol. The molecule has 2 aromatic rings. The number of benzene rings is 1. The minimum Gasteiger partial charge on any atom is -0.481 e. The van der Waals surface area contributed by atoms with Gasteiger partial charge in [-0.25, -0.2) is 9.37 Å². The first-order chi connectivity index (χ1) is 10.1. The van der Waals surface area contributed by atoms with Crippen molar-refractivity contribution in [1.29, 1.82) is 0 Å².